The van der Waals surface area contributed by atoms with Crippen molar-refractivity contribution in [2.75, 3.05) is 29.4 Å². The minimum atomic E-state index is -3.99. The Kier molecular flexibility index (Phi) is 6.78. The molecule has 0 aromatic heterocycles. The molecule has 0 saturated heterocycles. The first kappa shape index (κ1) is 21.8. The van der Waals surface area contributed by atoms with Crippen LogP contribution in [-0.4, -0.2) is 36.8 Å². The van der Waals surface area contributed by atoms with E-state index in [1.165, 1.54) is 32.4 Å². The molecule has 0 fully saturated rings. The van der Waals surface area contributed by atoms with E-state index in [0.29, 0.717) is 5.75 Å². The number of para-hydroxylation sites is 2. The van der Waals surface area contributed by atoms with Crippen LogP contribution < -0.4 is 18.9 Å². The Balaban J connectivity index is 2.40. The molecule has 0 spiro atoms. The molecule has 2 rings (SSSR count). The summed E-state index contributed by atoms with van der Waals surface area (Å²) in [7, 11) is -4.85. The van der Waals surface area contributed by atoms with E-state index >= 15 is 0 Å². The fraction of sp³-hybridized carbons (Fsp3) is 0.333. The standard InChI is InChI=1S/C18H24N2O6S2/c1-13(2)12-27(21,22)19-16-11-14(9-10-18(16)26-4)28(23,24)20-15-7-5-6-8-17(15)25-3/h5-11,13,19-20H,12H2,1-4H3. The van der Waals surface area contributed by atoms with E-state index in [9.17, 15) is 16.8 Å². The second-order valence-corrected chi connectivity index (χ2v) is 9.89. The molecule has 0 heterocycles. The molecule has 2 N–H and O–H groups in total. The number of benzene rings is 2. The van der Waals surface area contributed by atoms with E-state index in [2.05, 4.69) is 9.44 Å². The predicted octanol–water partition coefficient (Wildman–Crippen LogP) is 2.90. The van der Waals surface area contributed by atoms with E-state index in [0.717, 1.165) is 0 Å². The van der Waals surface area contributed by atoms with Gasteiger partial charge in [0.2, 0.25) is 10.0 Å². The average Bonchev–Trinajstić information content (AvgIpc) is 2.60. The Hall–Kier alpha value is -2.46. The zero-order valence-corrected chi connectivity index (χ0v) is 17.7. The Morgan fingerprint density at radius 2 is 1.46 bits per heavy atom. The van der Waals surface area contributed by atoms with Crippen molar-refractivity contribution in [1.29, 1.82) is 0 Å². The van der Waals surface area contributed by atoms with Gasteiger partial charge in [-0.3, -0.25) is 9.44 Å². The summed E-state index contributed by atoms with van der Waals surface area (Å²) in [6, 6.07) is 10.5. The maximum Gasteiger partial charge on any atom is 0.262 e. The number of hydrogen-bond acceptors (Lipinski definition) is 6. The molecule has 8 nitrogen and oxygen atoms in total. The van der Waals surface area contributed by atoms with E-state index in [1.807, 2.05) is 0 Å². The molecule has 0 atom stereocenters. The number of rotatable bonds is 9. The zero-order valence-electron chi connectivity index (χ0n) is 16.1. The van der Waals surface area contributed by atoms with E-state index in [1.54, 1.807) is 38.1 Å². The van der Waals surface area contributed by atoms with E-state index in [4.69, 9.17) is 9.47 Å². The average molecular weight is 429 g/mol. The van der Waals surface area contributed by atoms with Crippen molar-refractivity contribution in [3.8, 4) is 11.5 Å². The number of anilines is 2. The van der Waals surface area contributed by atoms with Gasteiger partial charge in [-0.05, 0) is 36.2 Å². The molecule has 0 radical (unpaired) electrons. The fourth-order valence-corrected chi connectivity index (χ4v) is 5.07. The maximum atomic E-state index is 12.8. The summed E-state index contributed by atoms with van der Waals surface area (Å²) >= 11 is 0. The molecule has 0 amide bonds. The minimum Gasteiger partial charge on any atom is -0.495 e. The first-order valence-corrected chi connectivity index (χ1v) is 11.6. The normalized spacial score (nSPS) is 11.9. The molecule has 0 saturated carbocycles. The van der Waals surface area contributed by atoms with Crippen LogP contribution in [0.2, 0.25) is 0 Å². The van der Waals surface area contributed by atoms with Crippen molar-refractivity contribution in [3.63, 3.8) is 0 Å². The summed E-state index contributed by atoms with van der Waals surface area (Å²) in [5, 5.41) is 0. The Morgan fingerprint density at radius 1 is 0.857 bits per heavy atom. The van der Waals surface area contributed by atoms with Gasteiger partial charge < -0.3 is 9.47 Å². The fourth-order valence-electron chi connectivity index (χ4n) is 2.51. The highest BCUT2D eigenvalue weighted by Gasteiger charge is 2.21. The van der Waals surface area contributed by atoms with Crippen molar-refractivity contribution in [3.05, 3.63) is 42.5 Å². The molecule has 0 aliphatic rings. The van der Waals surface area contributed by atoms with Crippen LogP contribution in [0.1, 0.15) is 13.8 Å². The van der Waals surface area contributed by atoms with Crippen LogP contribution in [0.25, 0.3) is 0 Å². The van der Waals surface area contributed by atoms with Crippen LogP contribution in [0.15, 0.2) is 47.4 Å². The quantitative estimate of drug-likeness (QED) is 0.635. The summed E-state index contributed by atoms with van der Waals surface area (Å²) in [4.78, 5) is -0.124. The lowest BCUT2D eigenvalue weighted by atomic mass is 10.3. The van der Waals surface area contributed by atoms with Crippen LogP contribution >= 0.6 is 0 Å². The second-order valence-electron chi connectivity index (χ2n) is 6.45. The van der Waals surface area contributed by atoms with Gasteiger partial charge in [0, 0.05) is 0 Å². The van der Waals surface area contributed by atoms with Gasteiger partial charge in [0.05, 0.1) is 36.2 Å². The third-order valence-corrected chi connectivity index (χ3v) is 6.65. The first-order valence-electron chi connectivity index (χ1n) is 8.42. The Labute approximate surface area is 166 Å². The van der Waals surface area contributed by atoms with Gasteiger partial charge in [-0.2, -0.15) is 0 Å². The SMILES string of the molecule is COc1ccc(S(=O)(=O)Nc2ccccc2OC)cc1NS(=O)(=O)CC(C)C. The molecule has 0 aliphatic heterocycles. The monoisotopic (exact) mass is 428 g/mol. The molecule has 28 heavy (non-hydrogen) atoms. The molecule has 0 unspecified atom stereocenters. The largest absolute Gasteiger partial charge is 0.495 e. The number of ether oxygens (including phenoxy) is 2. The Bertz CT molecular complexity index is 1030. The molecular formula is C18H24N2O6S2. The summed E-state index contributed by atoms with van der Waals surface area (Å²) < 4.78 is 65.2. The lowest BCUT2D eigenvalue weighted by molar-refractivity contribution is 0.416. The molecule has 2 aromatic carbocycles. The van der Waals surface area contributed by atoms with Crippen LogP contribution in [0, 0.1) is 5.92 Å². The molecule has 2 aromatic rings. The van der Waals surface area contributed by atoms with Gasteiger partial charge in [0.1, 0.15) is 11.5 Å². The first-order chi connectivity index (χ1) is 13.1. The van der Waals surface area contributed by atoms with E-state index < -0.39 is 20.0 Å². The summed E-state index contributed by atoms with van der Waals surface area (Å²) in [6.45, 7) is 3.54. The van der Waals surface area contributed by atoms with Gasteiger partial charge in [-0.15, -0.1) is 0 Å². The zero-order chi connectivity index (χ0) is 20.9. The smallest absolute Gasteiger partial charge is 0.262 e. The molecule has 154 valence electrons. The minimum absolute atomic E-state index is 0.0473. The van der Waals surface area contributed by atoms with Crippen LogP contribution in [-0.2, 0) is 20.0 Å². The van der Waals surface area contributed by atoms with Crippen molar-refractivity contribution in [1.82, 2.24) is 0 Å². The predicted molar refractivity (Wildman–Crippen MR) is 109 cm³/mol. The number of nitrogens with one attached hydrogen (secondary N) is 2. The lowest BCUT2D eigenvalue weighted by Gasteiger charge is -2.16. The lowest BCUT2D eigenvalue weighted by Crippen LogP contribution is -2.21. The van der Waals surface area contributed by atoms with Crippen LogP contribution in [0.3, 0.4) is 0 Å². The van der Waals surface area contributed by atoms with Crippen LogP contribution in [0.5, 0.6) is 11.5 Å². The highest BCUT2D eigenvalue weighted by atomic mass is 32.2. The van der Waals surface area contributed by atoms with E-state index in [-0.39, 0.29) is 33.7 Å². The molecule has 0 aliphatic carbocycles. The van der Waals surface area contributed by atoms with Crippen LogP contribution in [0.4, 0.5) is 11.4 Å². The summed E-state index contributed by atoms with van der Waals surface area (Å²) in [6.07, 6.45) is 0. The maximum absolute atomic E-state index is 12.8. The molecular weight excluding hydrogens is 404 g/mol. The van der Waals surface area contributed by atoms with Crippen molar-refractivity contribution < 1.29 is 26.3 Å². The number of sulfonamides is 2. The summed E-state index contributed by atoms with van der Waals surface area (Å²) in [5.41, 5.74) is 0.314. The second kappa shape index (κ2) is 8.70. The van der Waals surface area contributed by atoms with Gasteiger partial charge in [0.15, 0.2) is 0 Å². The molecule has 0 bridgehead atoms. The van der Waals surface area contributed by atoms with Gasteiger partial charge >= 0.3 is 0 Å². The van der Waals surface area contributed by atoms with Crippen molar-refractivity contribution >= 4 is 31.4 Å². The summed E-state index contributed by atoms with van der Waals surface area (Å²) in [5.74, 6) is 0.371. The van der Waals surface area contributed by atoms with Gasteiger partial charge in [-0.25, -0.2) is 16.8 Å². The van der Waals surface area contributed by atoms with Gasteiger partial charge in [0.25, 0.3) is 10.0 Å². The van der Waals surface area contributed by atoms with Gasteiger partial charge in [-0.1, -0.05) is 26.0 Å². The highest BCUT2D eigenvalue weighted by Crippen LogP contribution is 2.31. The third kappa shape index (κ3) is 5.52. The van der Waals surface area contributed by atoms with Crippen molar-refractivity contribution in [2.24, 2.45) is 5.92 Å². The third-order valence-electron chi connectivity index (χ3n) is 3.65. The topological polar surface area (TPSA) is 111 Å². The number of hydrogen-bond donors (Lipinski definition) is 2. The number of methoxy groups -OCH3 is 2. The molecule has 10 heteroatoms. The Morgan fingerprint density at radius 3 is 2.07 bits per heavy atom. The highest BCUT2D eigenvalue weighted by molar-refractivity contribution is 7.93. The van der Waals surface area contributed by atoms with Crippen molar-refractivity contribution in [2.45, 2.75) is 18.7 Å².